The fraction of sp³-hybridized carbons (Fsp3) is 0. The second-order valence-corrected chi connectivity index (χ2v) is 6.43. The number of ether oxygens (including phenoxy) is 1. The van der Waals surface area contributed by atoms with Crippen molar-refractivity contribution in [3.8, 4) is 0 Å². The van der Waals surface area contributed by atoms with E-state index in [-0.39, 0.29) is 0 Å². The van der Waals surface area contributed by atoms with E-state index < -0.39 is 5.97 Å². The molecule has 3 heteroatoms. The van der Waals surface area contributed by atoms with Gasteiger partial charge in [0.05, 0.1) is 0 Å². The molecule has 1 heterocycles. The van der Waals surface area contributed by atoms with Crippen LogP contribution in [-0.4, -0.2) is 11.9 Å². The molecule has 0 atom stereocenters. The lowest BCUT2D eigenvalue weighted by atomic mass is 9.96. The fourth-order valence-electron chi connectivity index (χ4n) is 3.45. The topological polar surface area (TPSA) is 38.7 Å². The van der Waals surface area contributed by atoms with Gasteiger partial charge in [-0.25, -0.2) is 9.79 Å². The molecule has 0 aliphatic carbocycles. The molecule has 0 spiro atoms. The zero-order chi connectivity index (χ0) is 18.2. The summed E-state index contributed by atoms with van der Waals surface area (Å²) in [6.45, 7) is 0. The number of nitrogens with zero attached hydrogens (tertiary/aromatic N) is 1. The van der Waals surface area contributed by atoms with Crippen LogP contribution in [0.5, 0.6) is 0 Å². The standard InChI is InChI=1S/C24H15NO2/c26-24-22(25-23(27-24)16-8-2-1-3-9-16)15-21-19-12-6-4-10-17(19)14-18-11-5-7-13-20(18)21/h1-15H/b22-15-. The van der Waals surface area contributed by atoms with E-state index in [1.165, 1.54) is 0 Å². The van der Waals surface area contributed by atoms with Crippen LogP contribution in [0.4, 0.5) is 0 Å². The van der Waals surface area contributed by atoms with Crippen molar-refractivity contribution < 1.29 is 9.53 Å². The lowest BCUT2D eigenvalue weighted by Crippen LogP contribution is -2.04. The Balaban J connectivity index is 1.73. The van der Waals surface area contributed by atoms with Crippen LogP contribution in [0.25, 0.3) is 27.6 Å². The Bertz CT molecular complexity index is 1200. The summed E-state index contributed by atoms with van der Waals surface area (Å²) in [6, 6.07) is 28.0. The van der Waals surface area contributed by atoms with E-state index in [9.17, 15) is 4.79 Å². The summed E-state index contributed by atoms with van der Waals surface area (Å²) in [6.07, 6.45) is 1.84. The van der Waals surface area contributed by atoms with Crippen LogP contribution in [-0.2, 0) is 9.53 Å². The van der Waals surface area contributed by atoms with Gasteiger partial charge in [0.2, 0.25) is 5.90 Å². The van der Waals surface area contributed by atoms with Crippen LogP contribution in [0.2, 0.25) is 0 Å². The first-order chi connectivity index (χ1) is 13.3. The van der Waals surface area contributed by atoms with Gasteiger partial charge in [-0.05, 0) is 51.4 Å². The zero-order valence-electron chi connectivity index (χ0n) is 14.4. The predicted molar refractivity (Wildman–Crippen MR) is 109 cm³/mol. The molecule has 4 aromatic rings. The van der Waals surface area contributed by atoms with Crippen molar-refractivity contribution in [3.63, 3.8) is 0 Å². The number of fused-ring (bicyclic) bond motifs is 2. The molecule has 27 heavy (non-hydrogen) atoms. The molecule has 0 radical (unpaired) electrons. The molecule has 0 bridgehead atoms. The fourth-order valence-corrected chi connectivity index (χ4v) is 3.45. The van der Waals surface area contributed by atoms with Gasteiger partial charge in [0, 0.05) is 5.56 Å². The minimum absolute atomic E-state index is 0.315. The molecule has 1 aliphatic rings. The molecule has 0 saturated carbocycles. The molecule has 5 rings (SSSR count). The van der Waals surface area contributed by atoms with Gasteiger partial charge < -0.3 is 4.74 Å². The van der Waals surface area contributed by atoms with E-state index >= 15 is 0 Å². The van der Waals surface area contributed by atoms with Gasteiger partial charge in [-0.1, -0.05) is 66.7 Å². The molecule has 0 fully saturated rings. The summed E-state index contributed by atoms with van der Waals surface area (Å²) in [4.78, 5) is 16.9. The first-order valence-corrected chi connectivity index (χ1v) is 8.78. The number of benzene rings is 4. The van der Waals surface area contributed by atoms with E-state index in [0.29, 0.717) is 11.6 Å². The average molecular weight is 349 g/mol. The molecule has 0 amide bonds. The van der Waals surface area contributed by atoms with Crippen molar-refractivity contribution in [2.75, 3.05) is 0 Å². The number of cyclic esters (lactones) is 1. The quantitative estimate of drug-likeness (QED) is 0.278. The Kier molecular flexibility index (Phi) is 3.58. The monoisotopic (exact) mass is 349 g/mol. The largest absolute Gasteiger partial charge is 0.402 e. The third-order valence-electron chi connectivity index (χ3n) is 4.74. The number of hydrogen-bond acceptors (Lipinski definition) is 3. The number of hydrogen-bond donors (Lipinski definition) is 0. The number of esters is 1. The van der Waals surface area contributed by atoms with Crippen LogP contribution in [0.1, 0.15) is 11.1 Å². The van der Waals surface area contributed by atoms with Crippen molar-refractivity contribution in [1.82, 2.24) is 0 Å². The lowest BCUT2D eigenvalue weighted by Gasteiger charge is -2.08. The number of carbonyl (C=O) groups excluding carboxylic acids is 1. The van der Waals surface area contributed by atoms with Gasteiger partial charge >= 0.3 is 5.97 Å². The van der Waals surface area contributed by atoms with Gasteiger partial charge in [0.25, 0.3) is 0 Å². The molecule has 0 unspecified atom stereocenters. The van der Waals surface area contributed by atoms with E-state index in [1.54, 1.807) is 0 Å². The zero-order valence-corrected chi connectivity index (χ0v) is 14.4. The Morgan fingerprint density at radius 1 is 0.741 bits per heavy atom. The van der Waals surface area contributed by atoms with Crippen molar-refractivity contribution in [2.24, 2.45) is 4.99 Å². The van der Waals surface area contributed by atoms with Crippen molar-refractivity contribution in [1.29, 1.82) is 0 Å². The van der Waals surface area contributed by atoms with Gasteiger partial charge in [-0.3, -0.25) is 0 Å². The summed E-state index contributed by atoms with van der Waals surface area (Å²) >= 11 is 0. The normalized spacial score (nSPS) is 15.3. The highest BCUT2D eigenvalue weighted by atomic mass is 16.6. The summed E-state index contributed by atoms with van der Waals surface area (Å²) < 4.78 is 5.40. The molecule has 0 saturated heterocycles. The number of carbonyl (C=O) groups is 1. The third-order valence-corrected chi connectivity index (χ3v) is 4.74. The van der Waals surface area contributed by atoms with E-state index in [0.717, 1.165) is 32.7 Å². The van der Waals surface area contributed by atoms with Crippen LogP contribution in [0.15, 0.2) is 95.6 Å². The van der Waals surface area contributed by atoms with E-state index in [2.05, 4.69) is 35.3 Å². The van der Waals surface area contributed by atoms with Gasteiger partial charge in [0.1, 0.15) is 0 Å². The summed E-state index contributed by atoms with van der Waals surface area (Å²) in [5.41, 5.74) is 2.08. The highest BCUT2D eigenvalue weighted by Crippen LogP contribution is 2.31. The first kappa shape index (κ1) is 15.5. The Hall–Kier alpha value is -3.72. The maximum Gasteiger partial charge on any atom is 0.363 e. The molecular formula is C24H15NO2. The van der Waals surface area contributed by atoms with E-state index in [1.807, 2.05) is 60.7 Å². The maximum absolute atomic E-state index is 12.4. The summed E-state index contributed by atoms with van der Waals surface area (Å²) in [7, 11) is 0. The van der Waals surface area contributed by atoms with Gasteiger partial charge in [-0.15, -0.1) is 0 Å². The second kappa shape index (κ2) is 6.22. The second-order valence-electron chi connectivity index (χ2n) is 6.43. The van der Waals surface area contributed by atoms with Gasteiger partial charge in [-0.2, -0.15) is 0 Å². The van der Waals surface area contributed by atoms with Crippen molar-refractivity contribution in [2.45, 2.75) is 0 Å². The predicted octanol–water partition coefficient (Wildman–Crippen LogP) is 5.34. The molecule has 3 nitrogen and oxygen atoms in total. The van der Waals surface area contributed by atoms with Crippen molar-refractivity contribution >= 4 is 39.5 Å². The lowest BCUT2D eigenvalue weighted by molar-refractivity contribution is -0.129. The smallest absolute Gasteiger partial charge is 0.363 e. The minimum Gasteiger partial charge on any atom is -0.402 e. The van der Waals surface area contributed by atoms with Crippen molar-refractivity contribution in [3.05, 3.63) is 102 Å². The number of aliphatic imine (C=N–C) groups is 1. The molecule has 4 aromatic carbocycles. The highest BCUT2D eigenvalue weighted by Gasteiger charge is 2.24. The number of rotatable bonds is 2. The van der Waals surface area contributed by atoms with Crippen LogP contribution in [0, 0.1) is 0 Å². The molecule has 1 aliphatic heterocycles. The SMILES string of the molecule is O=C1OC(c2ccccc2)=N/C1=C\c1c2ccccc2cc2ccccc12. The van der Waals surface area contributed by atoms with Crippen LogP contribution >= 0.6 is 0 Å². The van der Waals surface area contributed by atoms with Crippen LogP contribution in [0.3, 0.4) is 0 Å². The van der Waals surface area contributed by atoms with E-state index in [4.69, 9.17) is 4.74 Å². The summed E-state index contributed by atoms with van der Waals surface area (Å²) in [5.74, 6) is -0.0812. The molecule has 0 N–H and O–H groups in total. The highest BCUT2D eigenvalue weighted by molar-refractivity contribution is 6.15. The maximum atomic E-state index is 12.4. The molecular weight excluding hydrogens is 334 g/mol. The Morgan fingerprint density at radius 3 is 2.00 bits per heavy atom. The first-order valence-electron chi connectivity index (χ1n) is 8.78. The molecule has 0 aromatic heterocycles. The Morgan fingerprint density at radius 2 is 1.33 bits per heavy atom. The molecule has 128 valence electrons. The third kappa shape index (κ3) is 2.70. The Labute approximate surface area is 156 Å². The summed E-state index contributed by atoms with van der Waals surface area (Å²) in [5, 5.41) is 4.42. The minimum atomic E-state index is -0.425. The van der Waals surface area contributed by atoms with Gasteiger partial charge in [0.15, 0.2) is 5.70 Å². The average Bonchev–Trinajstić information content (AvgIpc) is 3.09. The van der Waals surface area contributed by atoms with Crippen LogP contribution < -0.4 is 0 Å².